The van der Waals surface area contributed by atoms with Gasteiger partial charge in [-0.2, -0.15) is 0 Å². The predicted octanol–water partition coefficient (Wildman–Crippen LogP) is 4.40. The van der Waals surface area contributed by atoms with E-state index in [4.69, 9.17) is 0 Å². The van der Waals surface area contributed by atoms with Crippen molar-refractivity contribution in [1.29, 1.82) is 0 Å². The molecule has 0 spiro atoms. The molecule has 0 saturated heterocycles. The fourth-order valence-electron chi connectivity index (χ4n) is 2.31. The Balaban J connectivity index is 2.09. The molecule has 3 heteroatoms. The Labute approximate surface area is 115 Å². The summed E-state index contributed by atoms with van der Waals surface area (Å²) in [5.41, 5.74) is 1.01. The van der Waals surface area contributed by atoms with Crippen LogP contribution in [0.4, 0.5) is 5.95 Å². The van der Waals surface area contributed by atoms with Gasteiger partial charge in [0.05, 0.1) is 5.52 Å². The molecule has 0 amide bonds. The molecule has 19 heavy (non-hydrogen) atoms. The van der Waals surface area contributed by atoms with Gasteiger partial charge in [0, 0.05) is 17.6 Å². The second-order valence-electron chi connectivity index (χ2n) is 5.02. The van der Waals surface area contributed by atoms with E-state index >= 15 is 0 Å². The zero-order chi connectivity index (χ0) is 13.5. The van der Waals surface area contributed by atoms with Crippen LogP contribution >= 0.6 is 0 Å². The minimum Gasteiger partial charge on any atom is -0.351 e. The van der Waals surface area contributed by atoms with Gasteiger partial charge in [-0.25, -0.2) is 9.97 Å². The van der Waals surface area contributed by atoms with E-state index in [1.807, 2.05) is 30.5 Å². The number of nitrogens with one attached hydrogen (secondary N) is 1. The summed E-state index contributed by atoms with van der Waals surface area (Å²) >= 11 is 0. The summed E-state index contributed by atoms with van der Waals surface area (Å²) in [7, 11) is 0. The summed E-state index contributed by atoms with van der Waals surface area (Å²) in [4.78, 5) is 9.00. The topological polar surface area (TPSA) is 37.8 Å². The number of aromatic nitrogens is 2. The first-order chi connectivity index (χ1) is 9.33. The minimum absolute atomic E-state index is 0.492. The van der Waals surface area contributed by atoms with Crippen LogP contribution in [0.2, 0.25) is 0 Å². The molecule has 1 aromatic heterocycles. The predicted molar refractivity (Wildman–Crippen MR) is 81.4 cm³/mol. The number of fused-ring (bicyclic) bond motifs is 1. The molecule has 1 N–H and O–H groups in total. The highest BCUT2D eigenvalue weighted by Gasteiger charge is 2.08. The molecule has 3 nitrogen and oxygen atoms in total. The Bertz CT molecular complexity index is 510. The zero-order valence-corrected chi connectivity index (χ0v) is 11.9. The Morgan fingerprint density at radius 3 is 2.74 bits per heavy atom. The van der Waals surface area contributed by atoms with E-state index in [2.05, 4.69) is 29.1 Å². The average molecular weight is 257 g/mol. The lowest BCUT2D eigenvalue weighted by Crippen LogP contribution is -2.20. The molecule has 0 saturated carbocycles. The molecule has 0 fully saturated rings. The van der Waals surface area contributed by atoms with Crippen molar-refractivity contribution in [2.75, 3.05) is 5.32 Å². The molecule has 0 aliphatic rings. The van der Waals surface area contributed by atoms with Crippen LogP contribution in [0.15, 0.2) is 30.5 Å². The van der Waals surface area contributed by atoms with Crippen LogP contribution in [0.3, 0.4) is 0 Å². The molecule has 0 bridgehead atoms. The Hall–Kier alpha value is -1.64. The third kappa shape index (κ3) is 3.91. The van der Waals surface area contributed by atoms with Crippen molar-refractivity contribution in [3.63, 3.8) is 0 Å². The van der Waals surface area contributed by atoms with Crippen molar-refractivity contribution < 1.29 is 0 Å². The highest BCUT2D eigenvalue weighted by Crippen LogP contribution is 2.15. The highest BCUT2D eigenvalue weighted by atomic mass is 15.1. The van der Waals surface area contributed by atoms with Gasteiger partial charge in [0.15, 0.2) is 0 Å². The summed E-state index contributed by atoms with van der Waals surface area (Å²) in [5.74, 6) is 0.758. The third-order valence-corrected chi connectivity index (χ3v) is 3.37. The fourth-order valence-corrected chi connectivity index (χ4v) is 2.31. The second kappa shape index (κ2) is 7.07. The van der Waals surface area contributed by atoms with E-state index in [1.54, 1.807) is 0 Å². The Morgan fingerprint density at radius 2 is 1.95 bits per heavy atom. The number of unbranched alkanes of at least 4 members (excludes halogenated alkanes) is 1. The molecule has 0 aliphatic heterocycles. The van der Waals surface area contributed by atoms with Crippen LogP contribution in [0.5, 0.6) is 0 Å². The van der Waals surface area contributed by atoms with Gasteiger partial charge < -0.3 is 5.32 Å². The van der Waals surface area contributed by atoms with Gasteiger partial charge in [0.1, 0.15) is 0 Å². The van der Waals surface area contributed by atoms with Crippen LogP contribution in [0.1, 0.15) is 46.0 Å². The Kier molecular flexibility index (Phi) is 5.13. The number of benzene rings is 1. The largest absolute Gasteiger partial charge is 0.351 e. The van der Waals surface area contributed by atoms with E-state index in [1.165, 1.54) is 32.1 Å². The third-order valence-electron chi connectivity index (χ3n) is 3.37. The lowest BCUT2D eigenvalue weighted by molar-refractivity contribution is 0.561. The second-order valence-corrected chi connectivity index (χ2v) is 5.02. The lowest BCUT2D eigenvalue weighted by atomic mass is 10.1. The molecule has 1 unspecified atom stereocenters. The van der Waals surface area contributed by atoms with Crippen molar-refractivity contribution in [2.45, 2.75) is 52.0 Å². The number of rotatable bonds is 7. The van der Waals surface area contributed by atoms with Crippen molar-refractivity contribution in [1.82, 2.24) is 9.97 Å². The maximum Gasteiger partial charge on any atom is 0.223 e. The summed E-state index contributed by atoms with van der Waals surface area (Å²) in [6.45, 7) is 4.46. The van der Waals surface area contributed by atoms with Gasteiger partial charge in [0.25, 0.3) is 0 Å². The van der Waals surface area contributed by atoms with Crippen LogP contribution in [-0.2, 0) is 0 Å². The molecule has 0 radical (unpaired) electrons. The molecular formula is C16H23N3. The number of anilines is 1. The quantitative estimate of drug-likeness (QED) is 0.798. The Morgan fingerprint density at radius 1 is 1.11 bits per heavy atom. The SMILES string of the molecule is CCCCC(CCC)Nc1ncc2ccccc2n1. The molecule has 0 aliphatic carbocycles. The monoisotopic (exact) mass is 257 g/mol. The van der Waals surface area contributed by atoms with Crippen molar-refractivity contribution in [3.8, 4) is 0 Å². The fraction of sp³-hybridized carbons (Fsp3) is 0.500. The standard InChI is InChI=1S/C16H23N3/c1-3-5-10-14(8-4-2)18-16-17-12-13-9-6-7-11-15(13)19-16/h6-7,9,11-12,14H,3-5,8,10H2,1-2H3,(H,17,18,19). The molecule has 1 aromatic carbocycles. The van der Waals surface area contributed by atoms with E-state index in [0.717, 1.165) is 16.9 Å². The molecule has 1 heterocycles. The van der Waals surface area contributed by atoms with Crippen molar-refractivity contribution in [2.24, 2.45) is 0 Å². The van der Waals surface area contributed by atoms with Crippen LogP contribution in [0.25, 0.3) is 10.9 Å². The average Bonchev–Trinajstić information content (AvgIpc) is 2.45. The summed E-state index contributed by atoms with van der Waals surface area (Å²) < 4.78 is 0. The van der Waals surface area contributed by atoms with Gasteiger partial charge in [-0.3, -0.25) is 0 Å². The van der Waals surface area contributed by atoms with Gasteiger partial charge in [-0.15, -0.1) is 0 Å². The minimum atomic E-state index is 0.492. The summed E-state index contributed by atoms with van der Waals surface area (Å²) in [5, 5.41) is 4.58. The van der Waals surface area contributed by atoms with Gasteiger partial charge in [0.2, 0.25) is 5.95 Å². The lowest BCUT2D eigenvalue weighted by Gasteiger charge is -2.17. The molecule has 102 valence electrons. The first kappa shape index (κ1) is 13.8. The summed E-state index contributed by atoms with van der Waals surface area (Å²) in [6.07, 6.45) is 7.95. The molecular weight excluding hydrogens is 234 g/mol. The van der Waals surface area contributed by atoms with E-state index in [0.29, 0.717) is 6.04 Å². The smallest absolute Gasteiger partial charge is 0.223 e. The molecule has 2 rings (SSSR count). The highest BCUT2D eigenvalue weighted by molar-refractivity contribution is 5.78. The first-order valence-electron chi connectivity index (χ1n) is 7.31. The normalized spacial score (nSPS) is 12.5. The van der Waals surface area contributed by atoms with Crippen LogP contribution in [0, 0.1) is 0 Å². The van der Waals surface area contributed by atoms with Gasteiger partial charge in [-0.05, 0) is 18.9 Å². The molecule has 1 atom stereocenters. The zero-order valence-electron chi connectivity index (χ0n) is 11.9. The van der Waals surface area contributed by atoms with E-state index < -0.39 is 0 Å². The van der Waals surface area contributed by atoms with E-state index in [9.17, 15) is 0 Å². The van der Waals surface area contributed by atoms with Crippen molar-refractivity contribution in [3.05, 3.63) is 30.5 Å². The first-order valence-corrected chi connectivity index (χ1v) is 7.31. The van der Waals surface area contributed by atoms with E-state index in [-0.39, 0.29) is 0 Å². The number of hydrogen-bond acceptors (Lipinski definition) is 3. The number of para-hydroxylation sites is 1. The van der Waals surface area contributed by atoms with Gasteiger partial charge in [-0.1, -0.05) is 51.3 Å². The number of hydrogen-bond donors (Lipinski definition) is 1. The van der Waals surface area contributed by atoms with Crippen molar-refractivity contribution >= 4 is 16.9 Å². The van der Waals surface area contributed by atoms with Crippen LogP contribution in [-0.4, -0.2) is 16.0 Å². The molecule has 2 aromatic rings. The number of nitrogens with zero attached hydrogens (tertiary/aromatic N) is 2. The van der Waals surface area contributed by atoms with Gasteiger partial charge >= 0.3 is 0 Å². The maximum atomic E-state index is 4.58. The maximum absolute atomic E-state index is 4.58. The summed E-state index contributed by atoms with van der Waals surface area (Å²) in [6, 6.07) is 8.59. The van der Waals surface area contributed by atoms with Crippen LogP contribution < -0.4 is 5.32 Å².